The van der Waals surface area contributed by atoms with Gasteiger partial charge in [-0.1, -0.05) is 17.7 Å². The molecule has 6 nitrogen and oxygen atoms in total. The molecule has 0 fully saturated rings. The van der Waals surface area contributed by atoms with Gasteiger partial charge in [-0.05, 0) is 25.5 Å². The maximum absolute atomic E-state index is 12.2. The van der Waals surface area contributed by atoms with Crippen LogP contribution in [0.25, 0.3) is 0 Å². The summed E-state index contributed by atoms with van der Waals surface area (Å²) >= 11 is 0. The summed E-state index contributed by atoms with van der Waals surface area (Å²) < 4.78 is 1.25. The molecule has 20 heavy (non-hydrogen) atoms. The van der Waals surface area contributed by atoms with Crippen LogP contribution in [0.4, 0.5) is 5.69 Å². The lowest BCUT2D eigenvalue weighted by atomic mass is 10.1. The molecule has 0 spiro atoms. The summed E-state index contributed by atoms with van der Waals surface area (Å²) in [4.78, 5) is 22.7. The molecule has 0 radical (unpaired) electrons. The van der Waals surface area contributed by atoms with Crippen LogP contribution < -0.4 is 5.32 Å². The van der Waals surface area contributed by atoms with E-state index in [2.05, 4.69) is 10.4 Å². The SMILES string of the molecule is Cc1ccc(C)c(C(=O)Nc2cnn(CC(=O)O)c2)c1. The molecule has 6 heteroatoms. The molecule has 1 aromatic heterocycles. The highest BCUT2D eigenvalue weighted by Gasteiger charge is 2.11. The highest BCUT2D eigenvalue weighted by atomic mass is 16.4. The van der Waals surface area contributed by atoms with E-state index in [4.69, 9.17) is 5.11 Å². The lowest BCUT2D eigenvalue weighted by Crippen LogP contribution is -2.13. The number of aliphatic carboxylic acids is 1. The molecular formula is C14H15N3O3. The molecule has 1 aromatic carbocycles. The van der Waals surface area contributed by atoms with Crippen LogP contribution in [0.1, 0.15) is 21.5 Å². The average molecular weight is 273 g/mol. The number of carboxylic acids is 1. The number of benzene rings is 1. The first kappa shape index (κ1) is 13.8. The van der Waals surface area contributed by atoms with E-state index in [0.717, 1.165) is 11.1 Å². The van der Waals surface area contributed by atoms with Gasteiger partial charge in [0.15, 0.2) is 0 Å². The van der Waals surface area contributed by atoms with Crippen LogP contribution in [-0.2, 0) is 11.3 Å². The number of anilines is 1. The second-order valence-corrected chi connectivity index (χ2v) is 4.59. The van der Waals surface area contributed by atoms with Crippen molar-refractivity contribution in [2.24, 2.45) is 0 Å². The smallest absolute Gasteiger partial charge is 0.325 e. The summed E-state index contributed by atoms with van der Waals surface area (Å²) in [5, 5.41) is 15.2. The van der Waals surface area contributed by atoms with Crippen molar-refractivity contribution < 1.29 is 14.7 Å². The van der Waals surface area contributed by atoms with Crippen molar-refractivity contribution in [2.45, 2.75) is 20.4 Å². The van der Waals surface area contributed by atoms with Crippen LogP contribution in [-0.4, -0.2) is 26.8 Å². The molecule has 104 valence electrons. The third-order valence-corrected chi connectivity index (χ3v) is 2.83. The fourth-order valence-corrected chi connectivity index (χ4v) is 1.83. The van der Waals surface area contributed by atoms with Crippen molar-refractivity contribution in [2.75, 3.05) is 5.32 Å². The number of aromatic nitrogens is 2. The Morgan fingerprint density at radius 1 is 1.35 bits per heavy atom. The first-order chi connectivity index (χ1) is 9.45. The van der Waals surface area contributed by atoms with Crippen molar-refractivity contribution in [3.8, 4) is 0 Å². The summed E-state index contributed by atoms with van der Waals surface area (Å²) in [6, 6.07) is 5.64. The summed E-state index contributed by atoms with van der Waals surface area (Å²) in [6.07, 6.45) is 2.91. The van der Waals surface area contributed by atoms with Crippen LogP contribution in [0.15, 0.2) is 30.6 Å². The summed E-state index contributed by atoms with van der Waals surface area (Å²) in [5.41, 5.74) is 2.95. The molecule has 0 aliphatic rings. The van der Waals surface area contributed by atoms with E-state index in [1.165, 1.54) is 17.1 Å². The number of carbonyl (C=O) groups is 2. The van der Waals surface area contributed by atoms with E-state index < -0.39 is 5.97 Å². The number of carboxylic acid groups (broad SMARTS) is 1. The zero-order chi connectivity index (χ0) is 14.7. The average Bonchev–Trinajstić information content (AvgIpc) is 2.78. The third kappa shape index (κ3) is 3.23. The van der Waals surface area contributed by atoms with Crippen molar-refractivity contribution in [1.29, 1.82) is 0 Å². The Morgan fingerprint density at radius 2 is 2.10 bits per heavy atom. The Bertz CT molecular complexity index is 661. The Morgan fingerprint density at radius 3 is 2.80 bits per heavy atom. The van der Waals surface area contributed by atoms with E-state index >= 15 is 0 Å². The van der Waals surface area contributed by atoms with Crippen LogP contribution >= 0.6 is 0 Å². The molecule has 1 heterocycles. The van der Waals surface area contributed by atoms with Crippen molar-refractivity contribution in [1.82, 2.24) is 9.78 Å². The lowest BCUT2D eigenvalue weighted by Gasteiger charge is -2.06. The van der Waals surface area contributed by atoms with Gasteiger partial charge in [0.1, 0.15) is 6.54 Å². The van der Waals surface area contributed by atoms with Gasteiger partial charge in [0.05, 0.1) is 11.9 Å². The molecule has 0 atom stereocenters. The van der Waals surface area contributed by atoms with E-state index in [1.54, 1.807) is 0 Å². The first-order valence-electron chi connectivity index (χ1n) is 6.08. The van der Waals surface area contributed by atoms with Gasteiger partial charge in [-0.25, -0.2) is 0 Å². The van der Waals surface area contributed by atoms with Crippen LogP contribution in [0.2, 0.25) is 0 Å². The first-order valence-corrected chi connectivity index (χ1v) is 6.08. The monoisotopic (exact) mass is 273 g/mol. The Labute approximate surface area is 116 Å². The molecule has 0 saturated carbocycles. The molecule has 0 unspecified atom stereocenters. The van der Waals surface area contributed by atoms with Gasteiger partial charge in [-0.2, -0.15) is 5.10 Å². The predicted octanol–water partition coefficient (Wildman–Crippen LogP) is 1.84. The van der Waals surface area contributed by atoms with Gasteiger partial charge in [0, 0.05) is 11.8 Å². The quantitative estimate of drug-likeness (QED) is 0.890. The fraction of sp³-hybridized carbons (Fsp3) is 0.214. The van der Waals surface area contributed by atoms with Gasteiger partial charge in [0.2, 0.25) is 0 Å². The van der Waals surface area contributed by atoms with Gasteiger partial charge >= 0.3 is 5.97 Å². The van der Waals surface area contributed by atoms with Gasteiger partial charge in [-0.3, -0.25) is 14.3 Å². The fourth-order valence-electron chi connectivity index (χ4n) is 1.83. The summed E-state index contributed by atoms with van der Waals surface area (Å²) in [6.45, 7) is 3.54. The number of aryl methyl sites for hydroxylation is 2. The van der Waals surface area contributed by atoms with Crippen LogP contribution in [0.3, 0.4) is 0 Å². The zero-order valence-corrected chi connectivity index (χ0v) is 11.3. The predicted molar refractivity (Wildman–Crippen MR) is 73.7 cm³/mol. The largest absolute Gasteiger partial charge is 0.480 e. The standard InChI is InChI=1S/C14H15N3O3/c1-9-3-4-10(2)12(5-9)14(20)16-11-6-15-17(7-11)8-13(18)19/h3-7H,8H2,1-2H3,(H,16,20)(H,18,19). The number of amides is 1. The van der Waals surface area contributed by atoms with Gasteiger partial charge in [0.25, 0.3) is 5.91 Å². The van der Waals surface area contributed by atoms with Gasteiger partial charge < -0.3 is 10.4 Å². The van der Waals surface area contributed by atoms with Gasteiger partial charge in [-0.15, -0.1) is 0 Å². The number of rotatable bonds is 4. The second-order valence-electron chi connectivity index (χ2n) is 4.59. The Hall–Kier alpha value is -2.63. The van der Waals surface area contributed by atoms with Crippen molar-refractivity contribution in [3.05, 3.63) is 47.3 Å². The molecular weight excluding hydrogens is 258 g/mol. The number of hydrogen-bond acceptors (Lipinski definition) is 3. The maximum Gasteiger partial charge on any atom is 0.325 e. The maximum atomic E-state index is 12.2. The summed E-state index contributed by atoms with van der Waals surface area (Å²) in [5.74, 6) is -1.22. The minimum absolute atomic E-state index is 0.235. The van der Waals surface area contributed by atoms with Crippen LogP contribution in [0.5, 0.6) is 0 Å². The molecule has 0 bridgehead atoms. The number of nitrogens with one attached hydrogen (secondary N) is 1. The number of carbonyl (C=O) groups excluding carboxylic acids is 1. The molecule has 0 aliphatic carbocycles. The van der Waals surface area contributed by atoms with Crippen LogP contribution in [0, 0.1) is 13.8 Å². The van der Waals surface area contributed by atoms with Crippen molar-refractivity contribution in [3.63, 3.8) is 0 Å². The van der Waals surface area contributed by atoms with E-state index in [0.29, 0.717) is 11.3 Å². The third-order valence-electron chi connectivity index (χ3n) is 2.83. The minimum Gasteiger partial charge on any atom is -0.480 e. The summed E-state index contributed by atoms with van der Waals surface area (Å²) in [7, 11) is 0. The highest BCUT2D eigenvalue weighted by molar-refractivity contribution is 6.05. The van der Waals surface area contributed by atoms with E-state index in [-0.39, 0.29) is 12.5 Å². The molecule has 2 aromatic rings. The number of nitrogens with zero attached hydrogens (tertiary/aromatic N) is 2. The Kier molecular flexibility index (Phi) is 3.84. The normalized spacial score (nSPS) is 10.3. The van der Waals surface area contributed by atoms with E-state index in [9.17, 15) is 9.59 Å². The van der Waals surface area contributed by atoms with E-state index in [1.807, 2.05) is 32.0 Å². The molecule has 0 saturated heterocycles. The number of hydrogen-bond donors (Lipinski definition) is 2. The molecule has 2 rings (SSSR count). The zero-order valence-electron chi connectivity index (χ0n) is 11.3. The Balaban J connectivity index is 2.13. The second kappa shape index (κ2) is 5.56. The minimum atomic E-state index is -0.986. The topological polar surface area (TPSA) is 84.2 Å². The lowest BCUT2D eigenvalue weighted by molar-refractivity contribution is -0.137. The molecule has 2 N–H and O–H groups in total. The highest BCUT2D eigenvalue weighted by Crippen LogP contribution is 2.13. The molecule has 0 aliphatic heterocycles. The molecule has 1 amide bonds. The van der Waals surface area contributed by atoms with Crippen molar-refractivity contribution >= 4 is 17.6 Å².